The molecule has 4 fully saturated rings. The number of para-hydroxylation sites is 4. The maximum absolute atomic E-state index is 12.5. The maximum atomic E-state index is 12.5. The molecule has 840 valence electrons. The molecule has 4 saturated carbocycles. The van der Waals surface area contributed by atoms with E-state index in [-0.39, 0.29) is 129 Å². The number of carboxylic acid groups (broad SMARTS) is 2. The van der Waals surface area contributed by atoms with Gasteiger partial charge in [-0.15, -0.1) is 0 Å². The standard InChI is InChI=1S/C28H43NO5.C27H42N2O5.C26H40N2O5.C18H27NO4.C10H18O2.C3H9N.C3H6O2S.CH4.Li.H2O/c1-28(2,3)34-27(31)29-19-9-14-21-12-8-13-22-15-16-23(33-25(21)22)17-18-24(26(30)32-4)20-10-6-5-7-11-20;1-27(2,3)34-26(31)28-17-9-14-20-12-8-13-21-15-16-22(33-24(20)21)18-29-23(25(30)32-4)19-10-6-5-7-11-19;1-26(2,3)33-25(31)27-16-8-13-19-11-7-12-20-14-15-21(32-23(19)20)17-28-22(24(29)30)18-9-5-4-6-10-18;1-18(2,3)23-17(21)19-11-5-8-13-6-4-7-14-9-10-15(12-20)22-16(13)14;1-8(10(11)12-2)9-6-4-3-5-7-9;1-2-3-4;4-3(5)1-2-6;;;/h8,12-13,20,23-24H,5-7,9-11,14-19H2,1-4H3,(H,29,31);8,12-13,19,22-23,29H,5-7,9-11,14-18H2,1-4H3,(H,28,31);7,11-12,18,21-22,28H,4-6,8-10,13-17H2,1-3H3,(H,27,31)(H,29,30);4,6-7,15,20H,5,8-12H2,1-3H3,(H,19,21);8-9H,3-7H2,1-2H3;2-4H2,1H3;6H,1-2H2,(H,4,5);1H4;;1H2/q;;;;;;;;+1;/p-1/t23-,24+;22-,23+;21-,22+;15-;8-;;;;;/m11110...../s1. The number of esters is 3. The monoisotopic (exact) mass is 2100 g/mol. The largest absolute Gasteiger partial charge is 1.00 e. The van der Waals surface area contributed by atoms with Crippen molar-refractivity contribution in [2.45, 2.75) is 420 Å². The number of nitrogens with two attached hydrogens (primary N) is 1. The number of aliphatic hydroxyl groups excluding tert-OH is 1. The van der Waals surface area contributed by atoms with Crippen LogP contribution in [0.1, 0.15) is 354 Å². The molecule has 4 amide bonds. The molecule has 0 aromatic heterocycles. The first-order valence-electron chi connectivity index (χ1n) is 54.6. The van der Waals surface area contributed by atoms with E-state index in [1.54, 1.807) is 0 Å². The van der Waals surface area contributed by atoms with Crippen molar-refractivity contribution in [2.75, 3.05) is 79.5 Å². The first-order chi connectivity index (χ1) is 69.6. The third-order valence-corrected chi connectivity index (χ3v) is 27.5. The molecular formula is C116H190LiN7O24S. The van der Waals surface area contributed by atoms with Crippen molar-refractivity contribution in [3.05, 3.63) is 117 Å². The number of rotatable bonds is 37. The van der Waals surface area contributed by atoms with Crippen LogP contribution in [0, 0.1) is 35.5 Å². The van der Waals surface area contributed by atoms with Gasteiger partial charge < -0.3 is 111 Å². The van der Waals surface area contributed by atoms with Gasteiger partial charge in [0.15, 0.2) is 0 Å². The summed E-state index contributed by atoms with van der Waals surface area (Å²) in [5, 5.41) is 44.9. The summed E-state index contributed by atoms with van der Waals surface area (Å²) in [4.78, 5) is 105. The van der Waals surface area contributed by atoms with E-state index in [1.165, 1.54) is 126 Å². The molecule has 4 aromatic carbocycles. The second kappa shape index (κ2) is 72.0. The van der Waals surface area contributed by atoms with Crippen molar-refractivity contribution >= 4 is 66.8 Å². The van der Waals surface area contributed by atoms with Crippen molar-refractivity contribution in [2.24, 2.45) is 41.2 Å². The van der Waals surface area contributed by atoms with E-state index in [0.29, 0.717) is 62.8 Å². The normalized spacial score (nSPS) is 18.2. The Bertz CT molecular complexity index is 4380. The van der Waals surface area contributed by atoms with Crippen LogP contribution in [0.4, 0.5) is 19.2 Å². The number of ether oxygens (including phenoxy) is 11. The van der Waals surface area contributed by atoms with Gasteiger partial charge in [-0.1, -0.05) is 171 Å². The van der Waals surface area contributed by atoms with Gasteiger partial charge in [0.05, 0.1) is 52.3 Å². The number of thiol groups is 1. The smallest absolute Gasteiger partial charge is 0.870 e. The van der Waals surface area contributed by atoms with Gasteiger partial charge in [0, 0.05) is 45.0 Å². The third kappa shape index (κ3) is 53.1. The summed E-state index contributed by atoms with van der Waals surface area (Å²) in [7, 11) is 4.45. The van der Waals surface area contributed by atoms with Gasteiger partial charge in [-0.2, -0.15) is 12.6 Å². The summed E-state index contributed by atoms with van der Waals surface area (Å²) < 4.78 is 61.2. The molecule has 4 aliphatic carbocycles. The van der Waals surface area contributed by atoms with Crippen LogP contribution in [0.2, 0.25) is 0 Å². The van der Waals surface area contributed by atoms with E-state index in [0.717, 1.165) is 220 Å². The molecule has 31 nitrogen and oxygen atoms in total. The number of carbonyl (C=O) groups excluding carboxylic acids is 7. The topological polar surface area (TPSA) is 444 Å². The zero-order valence-electron chi connectivity index (χ0n) is 93.0. The first kappa shape index (κ1) is 134. The molecule has 149 heavy (non-hydrogen) atoms. The fourth-order valence-electron chi connectivity index (χ4n) is 19.8. The number of aliphatic hydroxyl groups is 1. The molecule has 0 unspecified atom stereocenters. The number of carboxylic acids is 2. The quantitative estimate of drug-likeness (QED) is 0.00657. The molecule has 4 heterocycles. The molecule has 0 bridgehead atoms. The van der Waals surface area contributed by atoms with Crippen LogP contribution in [-0.2, 0) is 108 Å². The molecule has 0 saturated heterocycles. The molecule has 12 N–H and O–H groups in total. The van der Waals surface area contributed by atoms with Gasteiger partial charge in [0.25, 0.3) is 0 Å². The Kier molecular flexibility index (Phi) is 65.0. The second-order valence-electron chi connectivity index (χ2n) is 43.9. The number of fused-ring (bicyclic) bond motifs is 4. The van der Waals surface area contributed by atoms with Gasteiger partial charge in [-0.05, 0) is 331 Å². The van der Waals surface area contributed by atoms with Crippen LogP contribution in [-0.4, -0.2) is 213 Å². The van der Waals surface area contributed by atoms with Crippen LogP contribution in [0.25, 0.3) is 0 Å². The summed E-state index contributed by atoms with van der Waals surface area (Å²) >= 11 is 3.68. The number of alkyl carbamates (subject to hydrolysis) is 4. The SMILES string of the molecule is C.CC(C)(C)OC(=O)NCCCc1cccc2c1O[C@@H](CN[C@H](C(=O)O)C1CCCCC1)CC2.CC(C)(C)OC(=O)NCCCc1cccc2c1O[C@@H](CO)CC2.CCCN.COC(=O)[C@@H](C)C1CCCCC1.COC(=O)[C@@H](CC[C@H]1CCc2cccc(CCCNC(=O)OC(C)(C)C)c2O1)C1CCCCC1.COC(=O)[C@@H](NC[C@H]1CCc2cccc(CCCNC(=O)OC(C)(C)C)c2O1)C1CCCCC1.O=C(O)CCS.[Li+].[OH-]. The number of aryl methyl sites for hydroxylation is 8. The Hall–Kier alpha value is -8.74. The average molecular weight is 2110 g/mol. The van der Waals surface area contributed by atoms with Gasteiger partial charge in [0.1, 0.15) is 75.8 Å². The molecular weight excluding hydrogens is 1910 g/mol. The summed E-state index contributed by atoms with van der Waals surface area (Å²) in [6.07, 6.45) is 38.8. The van der Waals surface area contributed by atoms with Crippen LogP contribution in [0.3, 0.4) is 0 Å². The van der Waals surface area contributed by atoms with Gasteiger partial charge >= 0.3 is 73.1 Å². The zero-order valence-corrected chi connectivity index (χ0v) is 93.9. The Labute approximate surface area is 909 Å². The van der Waals surface area contributed by atoms with Crippen LogP contribution >= 0.6 is 12.6 Å². The fraction of sp³-hybridized carbons (Fsp3) is 0.716. The number of carbonyl (C=O) groups is 9. The Morgan fingerprint density at radius 1 is 0.416 bits per heavy atom. The van der Waals surface area contributed by atoms with E-state index in [1.807, 2.05) is 102 Å². The van der Waals surface area contributed by atoms with E-state index < -0.39 is 46.5 Å². The first-order valence-corrected chi connectivity index (χ1v) is 55.3. The molecule has 4 aromatic rings. The Morgan fingerprint density at radius 2 is 0.705 bits per heavy atom. The van der Waals surface area contributed by atoms with E-state index in [2.05, 4.69) is 112 Å². The fourth-order valence-corrected chi connectivity index (χ4v) is 20.0. The van der Waals surface area contributed by atoms with E-state index in [9.17, 15) is 53.4 Å². The van der Waals surface area contributed by atoms with Gasteiger partial charge in [-0.25, -0.2) is 19.2 Å². The molecule has 4 aliphatic heterocycles. The summed E-state index contributed by atoms with van der Waals surface area (Å²) in [6, 6.07) is 24.3. The predicted molar refractivity (Wildman–Crippen MR) is 584 cm³/mol. The number of hydrogen-bond acceptors (Lipinski definition) is 26. The number of nitrogens with one attached hydrogen (secondary N) is 6. The van der Waals surface area contributed by atoms with Crippen LogP contribution < -0.4 is 75.4 Å². The minimum atomic E-state index is -0.787. The molecule has 33 heteroatoms. The summed E-state index contributed by atoms with van der Waals surface area (Å²) in [5.41, 5.74) is 12.5. The number of hydrogen-bond donors (Lipinski definition) is 11. The zero-order chi connectivity index (χ0) is 107. The number of amides is 4. The van der Waals surface area contributed by atoms with Crippen molar-refractivity contribution in [1.82, 2.24) is 31.9 Å². The average Bonchev–Trinajstić information content (AvgIpc) is 0.802. The van der Waals surface area contributed by atoms with E-state index in [4.69, 9.17) is 62.9 Å². The summed E-state index contributed by atoms with van der Waals surface area (Å²) in [5.74, 6) is 4.10. The van der Waals surface area contributed by atoms with Gasteiger partial charge in [-0.3, -0.25) is 24.0 Å². The second-order valence-corrected chi connectivity index (χ2v) is 44.4. The van der Waals surface area contributed by atoms with Crippen LogP contribution in [0.15, 0.2) is 72.8 Å². The minimum Gasteiger partial charge on any atom is -0.870 e. The van der Waals surface area contributed by atoms with E-state index >= 15 is 0 Å². The predicted octanol–water partition coefficient (Wildman–Crippen LogP) is 18.4. The van der Waals surface area contributed by atoms with Crippen molar-refractivity contribution < 1.29 is 135 Å². The molecule has 12 rings (SSSR count). The molecule has 0 spiro atoms. The van der Waals surface area contributed by atoms with Gasteiger partial charge in [0.2, 0.25) is 0 Å². The third-order valence-electron chi connectivity index (χ3n) is 27.3. The minimum absolute atomic E-state index is 0. The van der Waals surface area contributed by atoms with Crippen molar-refractivity contribution in [3.8, 4) is 23.0 Å². The Balaban J connectivity index is 0.000000476. The van der Waals surface area contributed by atoms with Crippen LogP contribution in [0.5, 0.6) is 23.0 Å². The molecule has 0 radical (unpaired) electrons. The number of aliphatic carboxylic acids is 2. The van der Waals surface area contributed by atoms with Crippen molar-refractivity contribution in [1.29, 1.82) is 0 Å². The van der Waals surface area contributed by atoms with Crippen molar-refractivity contribution in [3.63, 3.8) is 0 Å². The molecule has 8 aliphatic rings. The number of methoxy groups -OCH3 is 3. The maximum Gasteiger partial charge on any atom is 1.00 e. The number of benzene rings is 4. The molecule has 8 atom stereocenters. The Morgan fingerprint density at radius 3 is 0.993 bits per heavy atom. The summed E-state index contributed by atoms with van der Waals surface area (Å²) in [6.45, 7) is 30.5.